The van der Waals surface area contributed by atoms with E-state index in [1.54, 1.807) is 32.4 Å². The first kappa shape index (κ1) is 18.8. The van der Waals surface area contributed by atoms with Crippen LogP contribution < -0.4 is 20.1 Å². The van der Waals surface area contributed by atoms with Crippen LogP contribution >= 0.6 is 0 Å². The van der Waals surface area contributed by atoms with Crippen LogP contribution in [-0.4, -0.2) is 26.0 Å². The first-order valence-corrected chi connectivity index (χ1v) is 8.99. The number of hydrogen-bond donors (Lipinski definition) is 2. The fraction of sp³-hybridized carbons (Fsp3) is 0.333. The van der Waals surface area contributed by atoms with E-state index in [2.05, 4.69) is 10.6 Å². The Labute approximate surface area is 158 Å². The Morgan fingerprint density at radius 1 is 0.963 bits per heavy atom. The third kappa shape index (κ3) is 4.22. The van der Waals surface area contributed by atoms with Crippen LogP contribution in [0.5, 0.6) is 11.5 Å². The normalized spacial score (nSPS) is 17.7. The van der Waals surface area contributed by atoms with Gasteiger partial charge in [0.1, 0.15) is 0 Å². The molecule has 2 amide bonds. The molecular weight excluding hydrogens is 344 g/mol. The number of aryl methyl sites for hydroxylation is 1. The fourth-order valence-electron chi connectivity index (χ4n) is 3.10. The average Bonchev–Trinajstić information content (AvgIpc) is 3.49. The molecule has 0 saturated heterocycles. The molecule has 0 spiro atoms. The van der Waals surface area contributed by atoms with Gasteiger partial charge in [0.15, 0.2) is 11.5 Å². The van der Waals surface area contributed by atoms with Gasteiger partial charge in [0.25, 0.3) is 0 Å². The van der Waals surface area contributed by atoms with E-state index in [9.17, 15) is 9.59 Å². The van der Waals surface area contributed by atoms with E-state index in [4.69, 9.17) is 9.47 Å². The van der Waals surface area contributed by atoms with E-state index in [1.807, 2.05) is 31.2 Å². The van der Waals surface area contributed by atoms with E-state index < -0.39 is 0 Å². The highest BCUT2D eigenvalue weighted by atomic mass is 16.5. The summed E-state index contributed by atoms with van der Waals surface area (Å²) >= 11 is 0. The molecular formula is C21H24N2O4. The van der Waals surface area contributed by atoms with Crippen molar-refractivity contribution < 1.29 is 19.1 Å². The van der Waals surface area contributed by atoms with Crippen molar-refractivity contribution in [1.29, 1.82) is 0 Å². The molecule has 1 saturated carbocycles. The van der Waals surface area contributed by atoms with Crippen molar-refractivity contribution in [3.63, 3.8) is 0 Å². The summed E-state index contributed by atoms with van der Waals surface area (Å²) in [7, 11) is 3.10. The largest absolute Gasteiger partial charge is 0.493 e. The number of benzene rings is 2. The third-order valence-corrected chi connectivity index (χ3v) is 4.77. The van der Waals surface area contributed by atoms with Crippen molar-refractivity contribution in [2.45, 2.75) is 19.8 Å². The van der Waals surface area contributed by atoms with Gasteiger partial charge in [-0.05, 0) is 36.6 Å². The van der Waals surface area contributed by atoms with Crippen LogP contribution in [-0.2, 0) is 16.0 Å². The first-order chi connectivity index (χ1) is 13.1. The minimum Gasteiger partial charge on any atom is -0.493 e. The number of amides is 2. The molecule has 0 radical (unpaired) electrons. The molecule has 27 heavy (non-hydrogen) atoms. The lowest BCUT2D eigenvalue weighted by molar-refractivity contribution is -0.122. The highest BCUT2D eigenvalue weighted by molar-refractivity contribution is 6.03. The second-order valence-corrected chi connectivity index (χ2v) is 6.51. The van der Waals surface area contributed by atoms with Crippen molar-refractivity contribution in [2.24, 2.45) is 11.8 Å². The molecule has 0 heterocycles. The number of carbonyl (C=O) groups is 2. The summed E-state index contributed by atoms with van der Waals surface area (Å²) in [5, 5.41) is 5.80. The van der Waals surface area contributed by atoms with Gasteiger partial charge >= 0.3 is 0 Å². The zero-order valence-electron chi connectivity index (χ0n) is 15.7. The first-order valence-electron chi connectivity index (χ1n) is 8.99. The summed E-state index contributed by atoms with van der Waals surface area (Å²) in [4.78, 5) is 24.9. The maximum Gasteiger partial charge on any atom is 0.228 e. The molecule has 6 nitrogen and oxygen atoms in total. The Hall–Kier alpha value is -3.02. The van der Waals surface area contributed by atoms with Gasteiger partial charge in [-0.15, -0.1) is 0 Å². The standard InChI is InChI=1S/C21H24N2O4/c1-4-13-7-5-6-8-17(13)23-21(25)16-12-15(16)20(24)22-14-9-10-18(26-2)19(11-14)27-3/h5-11,15-16H,4,12H2,1-3H3,(H,22,24)(H,23,25). The molecule has 2 N–H and O–H groups in total. The van der Waals surface area contributed by atoms with Crippen LogP contribution in [0, 0.1) is 11.8 Å². The van der Waals surface area contributed by atoms with Crippen LogP contribution in [0.1, 0.15) is 18.9 Å². The molecule has 0 bridgehead atoms. The molecule has 0 aromatic heterocycles. The highest BCUT2D eigenvalue weighted by Gasteiger charge is 2.48. The van der Waals surface area contributed by atoms with Crippen molar-refractivity contribution in [3.8, 4) is 11.5 Å². The molecule has 0 aliphatic heterocycles. The zero-order valence-corrected chi connectivity index (χ0v) is 15.7. The number of ether oxygens (including phenoxy) is 2. The molecule has 1 aliphatic carbocycles. The summed E-state index contributed by atoms with van der Waals surface area (Å²) in [5.41, 5.74) is 2.51. The minimum atomic E-state index is -0.313. The van der Waals surface area contributed by atoms with Crippen molar-refractivity contribution in [3.05, 3.63) is 48.0 Å². The van der Waals surface area contributed by atoms with Gasteiger partial charge < -0.3 is 20.1 Å². The molecule has 2 unspecified atom stereocenters. The predicted octanol–water partition coefficient (Wildman–Crippen LogP) is 3.48. The minimum absolute atomic E-state index is 0.108. The number of methoxy groups -OCH3 is 2. The molecule has 3 rings (SSSR count). The lowest BCUT2D eigenvalue weighted by atomic mass is 10.1. The lowest BCUT2D eigenvalue weighted by Crippen LogP contribution is -2.21. The SMILES string of the molecule is CCc1ccccc1NC(=O)C1CC1C(=O)Nc1ccc(OC)c(OC)c1. The number of carbonyl (C=O) groups excluding carboxylic acids is 2. The van der Waals surface area contributed by atoms with Crippen LogP contribution in [0.2, 0.25) is 0 Å². The van der Waals surface area contributed by atoms with E-state index in [1.165, 1.54) is 0 Å². The number of rotatable bonds is 7. The van der Waals surface area contributed by atoms with Gasteiger partial charge in [0.05, 0.1) is 26.1 Å². The summed E-state index contributed by atoms with van der Waals surface area (Å²) in [6.07, 6.45) is 1.39. The van der Waals surface area contributed by atoms with Gasteiger partial charge in [0.2, 0.25) is 11.8 Å². The van der Waals surface area contributed by atoms with Crippen LogP contribution in [0.15, 0.2) is 42.5 Å². The summed E-state index contributed by atoms with van der Waals surface area (Å²) in [5.74, 6) is 0.252. The number of nitrogens with one attached hydrogen (secondary N) is 2. The van der Waals surface area contributed by atoms with Gasteiger partial charge in [-0.1, -0.05) is 25.1 Å². The number of hydrogen-bond acceptors (Lipinski definition) is 4. The fourth-order valence-corrected chi connectivity index (χ4v) is 3.10. The summed E-state index contributed by atoms with van der Waals surface area (Å²) < 4.78 is 10.4. The Morgan fingerprint density at radius 2 is 1.63 bits per heavy atom. The molecule has 2 atom stereocenters. The number of anilines is 2. The van der Waals surface area contributed by atoms with E-state index in [-0.39, 0.29) is 23.7 Å². The Balaban J connectivity index is 1.59. The second-order valence-electron chi connectivity index (χ2n) is 6.51. The average molecular weight is 368 g/mol. The molecule has 142 valence electrons. The Bertz CT molecular complexity index is 850. The molecule has 1 aliphatic rings. The molecule has 6 heteroatoms. The van der Waals surface area contributed by atoms with Crippen molar-refractivity contribution >= 4 is 23.2 Å². The molecule has 1 fully saturated rings. The van der Waals surface area contributed by atoms with Gasteiger partial charge in [0, 0.05) is 17.4 Å². The van der Waals surface area contributed by atoms with Gasteiger partial charge in [-0.3, -0.25) is 9.59 Å². The Kier molecular flexibility index (Phi) is 5.64. The monoisotopic (exact) mass is 368 g/mol. The highest BCUT2D eigenvalue weighted by Crippen LogP contribution is 2.41. The number of para-hydroxylation sites is 1. The third-order valence-electron chi connectivity index (χ3n) is 4.77. The summed E-state index contributed by atoms with van der Waals surface area (Å²) in [6.45, 7) is 2.04. The van der Waals surface area contributed by atoms with Crippen LogP contribution in [0.3, 0.4) is 0 Å². The maximum absolute atomic E-state index is 12.5. The Morgan fingerprint density at radius 3 is 2.30 bits per heavy atom. The predicted molar refractivity (Wildman–Crippen MR) is 104 cm³/mol. The van der Waals surface area contributed by atoms with Crippen molar-refractivity contribution in [2.75, 3.05) is 24.9 Å². The van der Waals surface area contributed by atoms with Crippen LogP contribution in [0.25, 0.3) is 0 Å². The quantitative estimate of drug-likeness (QED) is 0.784. The lowest BCUT2D eigenvalue weighted by Gasteiger charge is -2.11. The zero-order chi connectivity index (χ0) is 19.4. The maximum atomic E-state index is 12.5. The molecule has 2 aromatic carbocycles. The topological polar surface area (TPSA) is 76.7 Å². The smallest absolute Gasteiger partial charge is 0.228 e. The second kappa shape index (κ2) is 8.12. The van der Waals surface area contributed by atoms with E-state index >= 15 is 0 Å². The van der Waals surface area contributed by atoms with Gasteiger partial charge in [-0.2, -0.15) is 0 Å². The van der Waals surface area contributed by atoms with Crippen LogP contribution in [0.4, 0.5) is 11.4 Å². The summed E-state index contributed by atoms with van der Waals surface area (Å²) in [6, 6.07) is 12.9. The van der Waals surface area contributed by atoms with E-state index in [0.717, 1.165) is 17.7 Å². The van der Waals surface area contributed by atoms with Crippen molar-refractivity contribution in [1.82, 2.24) is 0 Å². The molecule has 2 aromatic rings. The van der Waals surface area contributed by atoms with E-state index in [0.29, 0.717) is 23.6 Å². The van der Waals surface area contributed by atoms with Gasteiger partial charge in [-0.25, -0.2) is 0 Å².